The van der Waals surface area contributed by atoms with Crippen LogP contribution in [0.3, 0.4) is 0 Å². The molecule has 4 N–H and O–H groups in total. The maximum absolute atomic E-state index is 14.2. The number of carbonyl (C=O) groups is 3. The molecule has 4 aliphatic rings. The molecule has 13 heteroatoms. The van der Waals surface area contributed by atoms with E-state index in [-0.39, 0.29) is 29.9 Å². The van der Waals surface area contributed by atoms with E-state index in [2.05, 4.69) is 22.9 Å². The van der Waals surface area contributed by atoms with E-state index >= 15 is 0 Å². The van der Waals surface area contributed by atoms with E-state index in [0.717, 1.165) is 12.8 Å². The SMILES string of the molecule is CC[C@H]1OC(=O)[C@H](C)C(=O)[C@H](C)[C@@H](O[C@@H]2O[C@H](CNC3CC3)C[C@H](N(C)C)[C@H]2O)[C@](C)(OC)C[C@@H](C)CN[C@H](C)[C@H]2NC(=O)O[C@@]21C. The molecule has 4 fully saturated rings. The molecule has 0 unspecified atom stereocenters. The lowest BCUT2D eigenvalue weighted by Gasteiger charge is -2.47. The first-order chi connectivity index (χ1) is 22.0. The van der Waals surface area contributed by atoms with Gasteiger partial charge in [-0.1, -0.05) is 20.8 Å². The summed E-state index contributed by atoms with van der Waals surface area (Å²) in [4.78, 5) is 42.3. The van der Waals surface area contributed by atoms with Crippen LogP contribution in [-0.4, -0.2) is 128 Å². The average molecular weight is 669 g/mol. The van der Waals surface area contributed by atoms with Crippen molar-refractivity contribution in [2.24, 2.45) is 17.8 Å². The van der Waals surface area contributed by atoms with E-state index in [1.54, 1.807) is 21.0 Å². The van der Waals surface area contributed by atoms with Crippen molar-refractivity contribution < 1.29 is 43.2 Å². The van der Waals surface area contributed by atoms with Crippen LogP contribution in [0.2, 0.25) is 0 Å². The van der Waals surface area contributed by atoms with Crippen molar-refractivity contribution in [1.82, 2.24) is 20.9 Å². The van der Waals surface area contributed by atoms with Crippen LogP contribution in [0.15, 0.2) is 0 Å². The van der Waals surface area contributed by atoms with Crippen LogP contribution in [0.4, 0.5) is 4.79 Å². The van der Waals surface area contributed by atoms with Gasteiger partial charge in [0.25, 0.3) is 0 Å². The van der Waals surface area contributed by atoms with Crippen LogP contribution in [0.25, 0.3) is 0 Å². The second-order valence-electron chi connectivity index (χ2n) is 15.1. The van der Waals surface area contributed by atoms with Gasteiger partial charge < -0.3 is 49.6 Å². The summed E-state index contributed by atoms with van der Waals surface area (Å²) in [6.45, 7) is 14.0. The number of likely N-dealkylation sites (N-methyl/N-ethyl adjacent to an activating group) is 1. The topological polar surface area (TPSA) is 157 Å². The number of hydrogen-bond donors (Lipinski definition) is 4. The first-order valence-corrected chi connectivity index (χ1v) is 17.5. The molecule has 3 saturated heterocycles. The van der Waals surface area contributed by atoms with Crippen molar-refractivity contribution in [3.05, 3.63) is 0 Å². The van der Waals surface area contributed by atoms with Crippen LogP contribution in [0, 0.1) is 17.8 Å². The highest BCUT2D eigenvalue weighted by Crippen LogP contribution is 2.38. The Morgan fingerprint density at radius 1 is 1.11 bits per heavy atom. The fourth-order valence-electron chi connectivity index (χ4n) is 7.74. The summed E-state index contributed by atoms with van der Waals surface area (Å²) in [6, 6.07) is -0.454. The van der Waals surface area contributed by atoms with Crippen LogP contribution in [0.1, 0.15) is 80.6 Å². The maximum Gasteiger partial charge on any atom is 0.408 e. The highest BCUT2D eigenvalue weighted by Gasteiger charge is 2.55. The Morgan fingerprint density at radius 3 is 2.38 bits per heavy atom. The Hall–Kier alpha value is -1.87. The first-order valence-electron chi connectivity index (χ1n) is 17.5. The fraction of sp³-hybridized carbons (Fsp3) is 0.912. The number of Topliss-reactive ketones (excluding diaryl/α,β-unsaturated/α-hetero) is 1. The van der Waals surface area contributed by atoms with Crippen molar-refractivity contribution in [1.29, 1.82) is 0 Å². The van der Waals surface area contributed by atoms with E-state index in [1.807, 2.05) is 39.8 Å². The zero-order valence-electron chi connectivity index (χ0n) is 30.0. The molecule has 1 aliphatic carbocycles. The lowest BCUT2D eigenvalue weighted by molar-refractivity contribution is -0.297. The second-order valence-corrected chi connectivity index (χ2v) is 15.1. The monoisotopic (exact) mass is 668 g/mol. The third-order valence-electron chi connectivity index (χ3n) is 10.9. The number of methoxy groups -OCH3 is 1. The standard InChI is InChI=1S/C34H60N4O9/c1-11-25-34(7)28(37-32(42)47-34)21(5)35-16-18(2)15-33(6,43-10)29(19(3)26(39)20(4)30(41)45-25)46-31-27(40)24(38(8)9)14-23(44-31)17-36-22-12-13-22/h18-25,27-29,31,35-36,40H,11-17H2,1-10H3,(H,37,42)/t18-,19+,20-,21-,23+,24+,25-,27-,28-,29-,31+,33-,34-/m1/s1. The van der Waals surface area contributed by atoms with Gasteiger partial charge in [-0.3, -0.25) is 9.59 Å². The van der Waals surface area contributed by atoms with Gasteiger partial charge in [-0.15, -0.1) is 0 Å². The summed E-state index contributed by atoms with van der Waals surface area (Å²) in [6.07, 6.45) is -0.672. The molecule has 13 atom stereocenters. The predicted octanol–water partition coefficient (Wildman–Crippen LogP) is 1.98. The van der Waals surface area contributed by atoms with Crippen molar-refractivity contribution >= 4 is 17.8 Å². The number of aliphatic hydroxyl groups excluding tert-OH is 1. The smallest absolute Gasteiger partial charge is 0.408 e. The Bertz CT molecular complexity index is 1110. The Kier molecular flexibility index (Phi) is 12.4. The van der Waals surface area contributed by atoms with Crippen LogP contribution in [-0.2, 0) is 33.3 Å². The number of rotatable bonds is 8. The molecule has 0 aromatic heterocycles. The predicted molar refractivity (Wildman–Crippen MR) is 175 cm³/mol. The van der Waals surface area contributed by atoms with Crippen molar-refractivity contribution in [2.45, 2.75) is 147 Å². The van der Waals surface area contributed by atoms with Crippen molar-refractivity contribution in [2.75, 3.05) is 34.3 Å². The third-order valence-corrected chi connectivity index (χ3v) is 10.9. The molecular weight excluding hydrogens is 608 g/mol. The van der Waals surface area contributed by atoms with Gasteiger partial charge in [-0.05, 0) is 86.4 Å². The molecule has 3 aliphatic heterocycles. The minimum absolute atomic E-state index is 0.0321. The number of aliphatic hydroxyl groups is 1. The number of fused-ring (bicyclic) bond motifs is 1. The Labute approximate surface area is 280 Å². The summed E-state index contributed by atoms with van der Waals surface area (Å²) >= 11 is 0. The molecular formula is C34H60N4O9. The van der Waals surface area contributed by atoms with E-state index in [9.17, 15) is 19.5 Å². The third kappa shape index (κ3) is 8.48. The molecule has 0 spiro atoms. The van der Waals surface area contributed by atoms with E-state index in [4.69, 9.17) is 23.7 Å². The number of nitrogens with zero attached hydrogens (tertiary/aromatic N) is 1. The fourth-order valence-corrected chi connectivity index (χ4v) is 7.74. The average Bonchev–Trinajstić information content (AvgIpc) is 3.80. The summed E-state index contributed by atoms with van der Waals surface area (Å²) in [5.41, 5.74) is -2.16. The number of ether oxygens (including phenoxy) is 5. The van der Waals surface area contributed by atoms with Gasteiger partial charge in [0.15, 0.2) is 17.7 Å². The van der Waals surface area contributed by atoms with E-state index in [1.165, 1.54) is 6.92 Å². The molecule has 0 bridgehead atoms. The van der Waals surface area contributed by atoms with Gasteiger partial charge in [0.2, 0.25) is 0 Å². The molecule has 270 valence electrons. The van der Waals surface area contributed by atoms with Gasteiger partial charge >= 0.3 is 12.1 Å². The van der Waals surface area contributed by atoms with Crippen molar-refractivity contribution in [3.63, 3.8) is 0 Å². The van der Waals surface area contributed by atoms with E-state index in [0.29, 0.717) is 38.4 Å². The normalized spacial score (nSPS) is 44.2. The maximum atomic E-state index is 14.2. The number of cyclic esters (lactones) is 1. The number of esters is 1. The minimum atomic E-state index is -1.15. The molecule has 0 radical (unpaired) electrons. The van der Waals surface area contributed by atoms with Gasteiger partial charge in [0.1, 0.15) is 18.1 Å². The number of hydrogen-bond acceptors (Lipinski definition) is 12. The first kappa shape index (κ1) is 37.9. The lowest BCUT2D eigenvalue weighted by atomic mass is 9.78. The van der Waals surface area contributed by atoms with Crippen LogP contribution >= 0.6 is 0 Å². The Morgan fingerprint density at radius 2 is 1.79 bits per heavy atom. The van der Waals surface area contributed by atoms with Gasteiger partial charge in [-0.25, -0.2) is 4.79 Å². The number of amides is 1. The number of nitrogens with one attached hydrogen (secondary N) is 3. The van der Waals surface area contributed by atoms with Crippen molar-refractivity contribution in [3.8, 4) is 0 Å². The molecule has 0 aromatic carbocycles. The molecule has 3 heterocycles. The molecule has 1 amide bonds. The minimum Gasteiger partial charge on any atom is -0.458 e. The molecule has 13 nitrogen and oxygen atoms in total. The lowest BCUT2D eigenvalue weighted by Crippen LogP contribution is -2.60. The second kappa shape index (κ2) is 15.3. The number of alkyl carbamates (subject to hydrolysis) is 1. The quantitative estimate of drug-likeness (QED) is 0.221. The van der Waals surface area contributed by atoms with Gasteiger partial charge in [0.05, 0.1) is 23.9 Å². The molecule has 47 heavy (non-hydrogen) atoms. The zero-order valence-corrected chi connectivity index (χ0v) is 30.0. The highest BCUT2D eigenvalue weighted by molar-refractivity contribution is 6.00. The summed E-state index contributed by atoms with van der Waals surface area (Å²) in [5.74, 6) is -3.02. The summed E-state index contributed by atoms with van der Waals surface area (Å²) < 4.78 is 31.1. The zero-order chi connectivity index (χ0) is 34.8. The summed E-state index contributed by atoms with van der Waals surface area (Å²) in [5, 5.41) is 21.5. The van der Waals surface area contributed by atoms with E-state index < -0.39 is 65.7 Å². The van der Waals surface area contributed by atoms with Gasteiger partial charge in [-0.2, -0.15) is 0 Å². The molecule has 1 saturated carbocycles. The van der Waals surface area contributed by atoms with Gasteiger partial charge in [0, 0.05) is 37.7 Å². The number of carbonyl (C=O) groups excluding carboxylic acids is 3. The largest absolute Gasteiger partial charge is 0.458 e. The highest BCUT2D eigenvalue weighted by atomic mass is 16.7. The molecule has 4 rings (SSSR count). The van der Waals surface area contributed by atoms with Crippen LogP contribution < -0.4 is 16.0 Å². The summed E-state index contributed by atoms with van der Waals surface area (Å²) in [7, 11) is 5.44. The van der Waals surface area contributed by atoms with Crippen LogP contribution in [0.5, 0.6) is 0 Å². The molecule has 0 aromatic rings. The Balaban J connectivity index is 1.67. The number of ketones is 1.